The van der Waals surface area contributed by atoms with E-state index in [9.17, 15) is 14.0 Å². The van der Waals surface area contributed by atoms with Crippen LogP contribution < -0.4 is 11.4 Å². The Balaban J connectivity index is 2.19. The maximum atomic E-state index is 13.3. The number of ketones is 1. The molecule has 0 unspecified atom stereocenters. The first-order valence-electron chi connectivity index (χ1n) is 5.97. The van der Waals surface area contributed by atoms with Gasteiger partial charge in [-0.1, -0.05) is 0 Å². The Bertz CT molecular complexity index is 930. The predicted molar refractivity (Wildman–Crippen MR) is 80.9 cm³/mol. The lowest BCUT2D eigenvalue weighted by atomic mass is 10.0. The van der Waals surface area contributed by atoms with Gasteiger partial charge in [0, 0.05) is 21.3 Å². The van der Waals surface area contributed by atoms with Crippen molar-refractivity contribution >= 4 is 38.4 Å². The quantitative estimate of drug-likeness (QED) is 0.490. The molecule has 0 bridgehead atoms. The van der Waals surface area contributed by atoms with Gasteiger partial charge < -0.3 is 15.7 Å². The lowest BCUT2D eigenvalue weighted by molar-refractivity contribution is 0.103. The second-order valence-corrected chi connectivity index (χ2v) is 5.37. The first-order chi connectivity index (χ1) is 9.95. The van der Waals surface area contributed by atoms with E-state index in [1.54, 1.807) is 6.07 Å². The zero-order valence-electron chi connectivity index (χ0n) is 10.5. The van der Waals surface area contributed by atoms with Crippen LogP contribution in [0.4, 0.5) is 10.1 Å². The second kappa shape index (κ2) is 4.85. The van der Waals surface area contributed by atoms with E-state index in [4.69, 9.17) is 5.73 Å². The fourth-order valence-corrected chi connectivity index (χ4v) is 2.62. The summed E-state index contributed by atoms with van der Waals surface area (Å²) in [6.45, 7) is 0. The highest BCUT2D eigenvalue weighted by Crippen LogP contribution is 2.26. The van der Waals surface area contributed by atoms with Crippen LogP contribution in [-0.2, 0) is 0 Å². The summed E-state index contributed by atoms with van der Waals surface area (Å²) in [7, 11) is 0. The van der Waals surface area contributed by atoms with Gasteiger partial charge in [-0.3, -0.25) is 4.79 Å². The first kappa shape index (κ1) is 13.6. The van der Waals surface area contributed by atoms with Crippen LogP contribution in [0.2, 0.25) is 0 Å². The number of halogens is 2. The van der Waals surface area contributed by atoms with E-state index in [1.807, 2.05) is 0 Å². The fraction of sp³-hybridized carbons (Fsp3) is 0. The van der Waals surface area contributed by atoms with Crippen LogP contribution in [-0.4, -0.2) is 15.8 Å². The molecule has 1 aromatic heterocycles. The van der Waals surface area contributed by atoms with E-state index in [0.717, 1.165) is 6.07 Å². The molecule has 0 spiro atoms. The van der Waals surface area contributed by atoms with Crippen molar-refractivity contribution in [3.63, 3.8) is 0 Å². The van der Waals surface area contributed by atoms with E-state index < -0.39 is 11.6 Å². The number of H-pyrrole nitrogens is 2. The van der Waals surface area contributed by atoms with E-state index in [0.29, 0.717) is 15.5 Å². The highest BCUT2D eigenvalue weighted by atomic mass is 79.9. The molecule has 0 aliphatic heterocycles. The molecule has 7 heteroatoms. The van der Waals surface area contributed by atoms with Gasteiger partial charge >= 0.3 is 5.69 Å². The van der Waals surface area contributed by atoms with Crippen LogP contribution in [0.25, 0.3) is 11.0 Å². The van der Waals surface area contributed by atoms with E-state index in [1.165, 1.54) is 18.2 Å². The van der Waals surface area contributed by atoms with Gasteiger partial charge in [0.1, 0.15) is 5.82 Å². The standard InChI is InChI=1S/C14H9BrFN3O2/c15-9-5-12-11(18-14(21)19-12)4-7(9)13(20)8-3-6(16)1-2-10(8)17/h1-5H,17H2,(H2,18,19,21). The number of carbonyl (C=O) groups is 1. The Morgan fingerprint density at radius 3 is 2.48 bits per heavy atom. The van der Waals surface area contributed by atoms with E-state index in [-0.39, 0.29) is 22.5 Å². The molecular formula is C14H9BrFN3O2. The highest BCUT2D eigenvalue weighted by Gasteiger charge is 2.17. The zero-order chi connectivity index (χ0) is 15.1. The third-order valence-corrected chi connectivity index (χ3v) is 3.76. The Morgan fingerprint density at radius 2 is 1.76 bits per heavy atom. The molecule has 5 nitrogen and oxygen atoms in total. The minimum absolute atomic E-state index is 0.0768. The normalized spacial score (nSPS) is 11.0. The molecule has 106 valence electrons. The zero-order valence-corrected chi connectivity index (χ0v) is 12.1. The maximum Gasteiger partial charge on any atom is 0.323 e. The summed E-state index contributed by atoms with van der Waals surface area (Å²) in [6, 6.07) is 6.75. The van der Waals surface area contributed by atoms with Gasteiger partial charge in [-0.15, -0.1) is 0 Å². The molecule has 0 atom stereocenters. The third-order valence-electron chi connectivity index (χ3n) is 3.11. The first-order valence-corrected chi connectivity index (χ1v) is 6.76. The molecule has 2 aromatic carbocycles. The molecule has 0 saturated heterocycles. The Kier molecular flexibility index (Phi) is 3.13. The molecule has 3 rings (SSSR count). The lowest BCUT2D eigenvalue weighted by Gasteiger charge is -2.07. The molecular weight excluding hydrogens is 341 g/mol. The molecule has 0 fully saturated rings. The number of imidazole rings is 1. The Labute approximate surface area is 126 Å². The maximum absolute atomic E-state index is 13.3. The minimum atomic E-state index is -0.542. The van der Waals surface area contributed by atoms with Gasteiger partial charge in [0.25, 0.3) is 0 Å². The molecule has 0 radical (unpaired) electrons. The predicted octanol–water partition coefficient (Wildman–Crippen LogP) is 2.57. The van der Waals surface area contributed by atoms with Gasteiger partial charge in [-0.2, -0.15) is 0 Å². The number of nitrogens with one attached hydrogen (secondary N) is 2. The third kappa shape index (κ3) is 2.36. The van der Waals surface area contributed by atoms with Crippen LogP contribution in [0.5, 0.6) is 0 Å². The van der Waals surface area contributed by atoms with Crippen molar-refractivity contribution in [1.82, 2.24) is 9.97 Å². The van der Waals surface area contributed by atoms with Gasteiger partial charge in [0.05, 0.1) is 11.0 Å². The molecule has 3 aromatic rings. The number of carbonyl (C=O) groups excluding carboxylic acids is 1. The number of fused-ring (bicyclic) bond motifs is 1. The average Bonchev–Trinajstić information content (AvgIpc) is 2.79. The van der Waals surface area contributed by atoms with Crippen LogP contribution in [0.15, 0.2) is 39.6 Å². The molecule has 0 aliphatic rings. The number of nitrogen functional groups attached to an aromatic ring is 1. The van der Waals surface area contributed by atoms with Crippen molar-refractivity contribution in [3.8, 4) is 0 Å². The number of rotatable bonds is 2. The number of nitrogens with two attached hydrogens (primary N) is 1. The van der Waals surface area contributed by atoms with Crippen molar-refractivity contribution in [2.24, 2.45) is 0 Å². The molecule has 4 N–H and O–H groups in total. The molecule has 0 saturated carbocycles. The van der Waals surface area contributed by atoms with Crippen molar-refractivity contribution in [3.05, 3.63) is 62.2 Å². The van der Waals surface area contributed by atoms with Gasteiger partial charge in [0.2, 0.25) is 0 Å². The van der Waals surface area contributed by atoms with Crippen LogP contribution in [0.3, 0.4) is 0 Å². The van der Waals surface area contributed by atoms with Crippen LogP contribution in [0, 0.1) is 5.82 Å². The Hall–Kier alpha value is -2.41. The lowest BCUT2D eigenvalue weighted by Crippen LogP contribution is -2.07. The average molecular weight is 350 g/mol. The number of hydrogen-bond acceptors (Lipinski definition) is 3. The smallest absolute Gasteiger partial charge is 0.323 e. The summed E-state index contributed by atoms with van der Waals surface area (Å²) in [6.07, 6.45) is 0. The largest absolute Gasteiger partial charge is 0.398 e. The number of aromatic nitrogens is 2. The SMILES string of the molecule is Nc1ccc(F)cc1C(=O)c1cc2[nH]c(=O)[nH]c2cc1Br. The number of hydrogen-bond donors (Lipinski definition) is 3. The van der Waals surface area contributed by atoms with E-state index >= 15 is 0 Å². The Morgan fingerprint density at radius 1 is 1.10 bits per heavy atom. The van der Waals surface area contributed by atoms with Crippen molar-refractivity contribution in [2.75, 3.05) is 5.73 Å². The van der Waals surface area contributed by atoms with Crippen molar-refractivity contribution < 1.29 is 9.18 Å². The number of aromatic amines is 2. The van der Waals surface area contributed by atoms with E-state index in [2.05, 4.69) is 25.9 Å². The summed E-state index contributed by atoms with van der Waals surface area (Å²) in [4.78, 5) is 28.9. The van der Waals surface area contributed by atoms with Crippen LogP contribution in [0.1, 0.15) is 15.9 Å². The molecule has 21 heavy (non-hydrogen) atoms. The molecule has 1 heterocycles. The minimum Gasteiger partial charge on any atom is -0.398 e. The summed E-state index contributed by atoms with van der Waals surface area (Å²) in [5, 5.41) is 0. The summed E-state index contributed by atoms with van der Waals surface area (Å²) in [5.41, 5.74) is 6.97. The van der Waals surface area contributed by atoms with Crippen molar-refractivity contribution in [1.29, 1.82) is 0 Å². The topological polar surface area (TPSA) is 91.7 Å². The summed E-state index contributed by atoms with van der Waals surface area (Å²) in [5.74, 6) is -0.970. The van der Waals surface area contributed by atoms with Gasteiger partial charge in [-0.05, 0) is 46.3 Å². The molecule has 0 amide bonds. The number of anilines is 1. The molecule has 0 aliphatic carbocycles. The van der Waals surface area contributed by atoms with Crippen molar-refractivity contribution in [2.45, 2.75) is 0 Å². The second-order valence-electron chi connectivity index (χ2n) is 4.52. The summed E-state index contributed by atoms with van der Waals surface area (Å²) < 4.78 is 13.8. The fourth-order valence-electron chi connectivity index (χ4n) is 2.10. The monoisotopic (exact) mass is 349 g/mol. The van der Waals surface area contributed by atoms with Crippen LogP contribution >= 0.6 is 15.9 Å². The van der Waals surface area contributed by atoms with Gasteiger partial charge in [-0.25, -0.2) is 9.18 Å². The number of benzene rings is 2. The van der Waals surface area contributed by atoms with Gasteiger partial charge in [0.15, 0.2) is 5.78 Å². The summed E-state index contributed by atoms with van der Waals surface area (Å²) >= 11 is 3.28. The highest BCUT2D eigenvalue weighted by molar-refractivity contribution is 9.10.